The Balaban J connectivity index is 1.59. The van der Waals surface area contributed by atoms with Gasteiger partial charge < -0.3 is 9.84 Å². The lowest BCUT2D eigenvalue weighted by molar-refractivity contribution is -0.181. The molecule has 1 aromatic carbocycles. The van der Waals surface area contributed by atoms with E-state index in [4.69, 9.17) is 4.74 Å². The summed E-state index contributed by atoms with van der Waals surface area (Å²) in [5.74, 6) is -0.205. The van der Waals surface area contributed by atoms with Crippen molar-refractivity contribution in [2.24, 2.45) is 5.92 Å². The molecule has 136 valence electrons. The molecule has 4 heterocycles. The monoisotopic (exact) mass is 353 g/mol. The zero-order valence-electron chi connectivity index (χ0n) is 14.6. The van der Waals surface area contributed by atoms with E-state index in [0.717, 1.165) is 32.5 Å². The van der Waals surface area contributed by atoms with Crippen molar-refractivity contribution in [1.29, 1.82) is 0 Å². The average Bonchev–Trinajstić information content (AvgIpc) is 2.70. The Hall–Kier alpha value is -2.31. The van der Waals surface area contributed by atoms with Gasteiger partial charge in [-0.1, -0.05) is 30.3 Å². The summed E-state index contributed by atoms with van der Waals surface area (Å²) in [6.07, 6.45) is 5.03. The summed E-state index contributed by atoms with van der Waals surface area (Å²) in [7, 11) is 0. The van der Waals surface area contributed by atoms with Crippen molar-refractivity contribution < 1.29 is 14.6 Å². The summed E-state index contributed by atoms with van der Waals surface area (Å²) in [5, 5.41) is 11.4. The average molecular weight is 353 g/mol. The molecule has 0 amide bonds. The molecule has 2 aromatic rings. The second-order valence-corrected chi connectivity index (χ2v) is 7.19. The highest BCUT2D eigenvalue weighted by atomic mass is 16.6. The first kappa shape index (κ1) is 17.1. The number of piperidine rings is 3. The first-order valence-corrected chi connectivity index (χ1v) is 9.11. The van der Waals surface area contributed by atoms with E-state index in [1.165, 1.54) is 6.33 Å². The van der Waals surface area contributed by atoms with Crippen LogP contribution in [0, 0.1) is 5.92 Å². The summed E-state index contributed by atoms with van der Waals surface area (Å²) in [6, 6.07) is 10.7. The highest BCUT2D eigenvalue weighted by Gasteiger charge is 2.44. The Kier molecular flexibility index (Phi) is 4.70. The van der Waals surface area contributed by atoms with Gasteiger partial charge in [-0.15, -0.1) is 0 Å². The van der Waals surface area contributed by atoms with Gasteiger partial charge in [0.1, 0.15) is 12.4 Å². The normalized spacial score (nSPS) is 26.9. The van der Waals surface area contributed by atoms with Crippen LogP contribution in [0.3, 0.4) is 0 Å². The van der Waals surface area contributed by atoms with Crippen LogP contribution in [0.25, 0.3) is 0 Å². The molecule has 6 nitrogen and oxygen atoms in total. The lowest BCUT2D eigenvalue weighted by Gasteiger charge is -2.44. The Morgan fingerprint density at radius 1 is 1.23 bits per heavy atom. The Labute approximate surface area is 152 Å². The molecule has 0 aliphatic carbocycles. The van der Waals surface area contributed by atoms with E-state index in [2.05, 4.69) is 14.9 Å². The fourth-order valence-corrected chi connectivity index (χ4v) is 3.97. The minimum atomic E-state index is -1.76. The van der Waals surface area contributed by atoms with Crippen molar-refractivity contribution in [1.82, 2.24) is 14.9 Å². The number of rotatable bonds is 5. The Bertz CT molecular complexity index is 747. The first-order valence-electron chi connectivity index (χ1n) is 9.11. The number of esters is 1. The van der Waals surface area contributed by atoms with Crippen molar-refractivity contribution in [2.45, 2.75) is 31.0 Å². The summed E-state index contributed by atoms with van der Waals surface area (Å²) >= 11 is 0. The summed E-state index contributed by atoms with van der Waals surface area (Å²) in [6.45, 7) is 2.90. The number of hydrogen-bond donors (Lipinski definition) is 1. The molecule has 0 radical (unpaired) electrons. The standard InChI is InChI=1S/C20H23N3O3/c24-19(26-18-13-23-10-7-15(18)8-11-23)20(25,16-4-2-1-3-5-16)12-17-6-9-21-14-22-17/h1-6,9,14-15,18,25H,7-8,10-13H2/t18-,20?/m0/s1. The number of benzene rings is 1. The summed E-state index contributed by atoms with van der Waals surface area (Å²) < 4.78 is 5.84. The zero-order chi connectivity index (χ0) is 18.0. The molecule has 6 heteroatoms. The highest BCUT2D eigenvalue weighted by Crippen LogP contribution is 2.33. The predicted molar refractivity (Wildman–Crippen MR) is 95.1 cm³/mol. The number of ether oxygens (including phenoxy) is 1. The molecule has 0 saturated carbocycles. The molecule has 26 heavy (non-hydrogen) atoms. The van der Waals surface area contributed by atoms with Crippen molar-refractivity contribution in [3.05, 3.63) is 60.2 Å². The Morgan fingerprint density at radius 2 is 2.00 bits per heavy atom. The van der Waals surface area contributed by atoms with Gasteiger partial charge in [-0.3, -0.25) is 4.90 Å². The van der Waals surface area contributed by atoms with Crippen molar-refractivity contribution in [2.75, 3.05) is 19.6 Å². The zero-order valence-corrected chi connectivity index (χ0v) is 14.6. The molecule has 1 unspecified atom stereocenters. The van der Waals surface area contributed by atoms with E-state index in [1.54, 1.807) is 24.4 Å². The third-order valence-electron chi connectivity index (χ3n) is 5.52. The molecular weight excluding hydrogens is 330 g/mol. The molecule has 3 saturated heterocycles. The van der Waals surface area contributed by atoms with Gasteiger partial charge in [-0.25, -0.2) is 14.8 Å². The van der Waals surface area contributed by atoms with Crippen LogP contribution in [0.2, 0.25) is 0 Å². The van der Waals surface area contributed by atoms with Crippen molar-refractivity contribution >= 4 is 5.97 Å². The lowest BCUT2D eigenvalue weighted by atomic mass is 9.85. The Morgan fingerprint density at radius 3 is 2.62 bits per heavy atom. The third-order valence-corrected chi connectivity index (χ3v) is 5.52. The molecule has 3 fully saturated rings. The molecule has 3 aliphatic heterocycles. The number of aliphatic hydroxyl groups is 1. The molecule has 3 aliphatic rings. The van der Waals surface area contributed by atoms with Gasteiger partial charge >= 0.3 is 5.97 Å². The van der Waals surface area contributed by atoms with E-state index in [1.807, 2.05) is 18.2 Å². The van der Waals surface area contributed by atoms with Gasteiger partial charge in [0.15, 0.2) is 5.60 Å². The van der Waals surface area contributed by atoms with Crippen LogP contribution in [0.5, 0.6) is 0 Å². The quantitative estimate of drug-likeness (QED) is 0.822. The van der Waals surface area contributed by atoms with E-state index in [9.17, 15) is 9.90 Å². The van der Waals surface area contributed by atoms with E-state index in [-0.39, 0.29) is 12.5 Å². The first-order chi connectivity index (χ1) is 12.6. The molecular formula is C20H23N3O3. The van der Waals surface area contributed by atoms with Gasteiger partial charge in [0.2, 0.25) is 0 Å². The van der Waals surface area contributed by atoms with Crippen LogP contribution >= 0.6 is 0 Å². The fourth-order valence-electron chi connectivity index (χ4n) is 3.97. The van der Waals surface area contributed by atoms with E-state index in [0.29, 0.717) is 17.2 Å². The number of nitrogens with zero attached hydrogens (tertiary/aromatic N) is 3. The molecule has 2 atom stereocenters. The van der Waals surface area contributed by atoms with E-state index >= 15 is 0 Å². The van der Waals surface area contributed by atoms with Crippen molar-refractivity contribution in [3.8, 4) is 0 Å². The van der Waals surface area contributed by atoms with Gasteiger partial charge in [0, 0.05) is 24.9 Å². The molecule has 1 N–H and O–H groups in total. The van der Waals surface area contributed by atoms with Crippen LogP contribution in [0.15, 0.2) is 48.9 Å². The number of carbonyl (C=O) groups is 1. The van der Waals surface area contributed by atoms with Crippen LogP contribution in [-0.4, -0.2) is 51.7 Å². The second-order valence-electron chi connectivity index (χ2n) is 7.19. The molecule has 2 bridgehead atoms. The molecule has 0 spiro atoms. The minimum absolute atomic E-state index is 0.0550. The number of hydrogen-bond acceptors (Lipinski definition) is 6. The second kappa shape index (κ2) is 7.13. The fraction of sp³-hybridized carbons (Fsp3) is 0.450. The SMILES string of the molecule is O=C(O[C@H]1CN2CCC1CC2)C(O)(Cc1ccncn1)c1ccccc1. The highest BCUT2D eigenvalue weighted by molar-refractivity contribution is 5.81. The largest absolute Gasteiger partial charge is 0.458 e. The van der Waals surface area contributed by atoms with Crippen LogP contribution in [-0.2, 0) is 21.6 Å². The number of carbonyl (C=O) groups excluding carboxylic acids is 1. The van der Waals surface area contributed by atoms with Gasteiger partial charge in [-0.05, 0) is 43.5 Å². The smallest absolute Gasteiger partial charge is 0.343 e. The lowest BCUT2D eigenvalue weighted by Crippen LogP contribution is -2.53. The number of fused-ring (bicyclic) bond motifs is 3. The summed E-state index contributed by atoms with van der Waals surface area (Å²) in [4.78, 5) is 23.5. The van der Waals surface area contributed by atoms with E-state index < -0.39 is 11.6 Å². The predicted octanol–water partition coefficient (Wildman–Crippen LogP) is 1.54. The maximum atomic E-state index is 13.1. The minimum Gasteiger partial charge on any atom is -0.458 e. The van der Waals surface area contributed by atoms with Crippen LogP contribution in [0.4, 0.5) is 0 Å². The molecule has 1 aromatic heterocycles. The van der Waals surface area contributed by atoms with Gasteiger partial charge in [-0.2, -0.15) is 0 Å². The van der Waals surface area contributed by atoms with Gasteiger partial charge in [0.25, 0.3) is 0 Å². The van der Waals surface area contributed by atoms with Crippen molar-refractivity contribution in [3.63, 3.8) is 0 Å². The van der Waals surface area contributed by atoms with Crippen LogP contribution < -0.4 is 0 Å². The topological polar surface area (TPSA) is 75.5 Å². The third kappa shape index (κ3) is 3.34. The maximum Gasteiger partial charge on any atom is 0.343 e. The molecule has 5 rings (SSSR count). The van der Waals surface area contributed by atoms with Gasteiger partial charge in [0.05, 0.1) is 0 Å². The maximum absolute atomic E-state index is 13.1. The number of aromatic nitrogens is 2. The van der Waals surface area contributed by atoms with Crippen LogP contribution in [0.1, 0.15) is 24.1 Å². The summed E-state index contributed by atoms with van der Waals surface area (Å²) in [5.41, 5.74) is -0.649.